The van der Waals surface area contributed by atoms with Crippen LogP contribution in [0.2, 0.25) is 0 Å². The lowest BCUT2D eigenvalue weighted by atomic mass is 10.2. The van der Waals surface area contributed by atoms with Crippen LogP contribution >= 0.6 is 0 Å². The Morgan fingerprint density at radius 2 is 2.00 bits per heavy atom. The van der Waals surface area contributed by atoms with Gasteiger partial charge in [-0.2, -0.15) is 5.10 Å². The Kier molecular flexibility index (Phi) is 3.23. The summed E-state index contributed by atoms with van der Waals surface area (Å²) in [7, 11) is 0. The number of carbonyl (C=O) groups is 1. The highest BCUT2D eigenvalue weighted by Crippen LogP contribution is 2.09. The Balaban J connectivity index is 2.69. The van der Waals surface area contributed by atoms with Crippen LogP contribution in [0.1, 0.15) is 23.1 Å². The molecule has 5 nitrogen and oxygen atoms in total. The van der Waals surface area contributed by atoms with Gasteiger partial charge in [0.15, 0.2) is 0 Å². The van der Waals surface area contributed by atoms with Gasteiger partial charge in [0.1, 0.15) is 0 Å². The molecule has 0 bridgehead atoms. The number of carboxylic acid groups (broad SMARTS) is 1. The van der Waals surface area contributed by atoms with Crippen molar-refractivity contribution in [3.63, 3.8) is 0 Å². The van der Waals surface area contributed by atoms with E-state index in [4.69, 9.17) is 5.11 Å². The molecule has 92 valence electrons. The molecule has 0 saturated heterocycles. The number of rotatable bonds is 3. The maximum Gasteiger partial charge on any atom is 0.360 e. The van der Waals surface area contributed by atoms with Gasteiger partial charge in [-0.05, 0) is 18.6 Å². The Bertz CT molecular complexity index is 632. The molecule has 2 rings (SSSR count). The maximum atomic E-state index is 11.6. The highest BCUT2D eigenvalue weighted by atomic mass is 16.4. The number of hydrogen-bond acceptors (Lipinski definition) is 3. The van der Waals surface area contributed by atoms with Crippen molar-refractivity contribution in [3.8, 4) is 5.69 Å². The van der Waals surface area contributed by atoms with Crippen LogP contribution in [0, 0.1) is 0 Å². The summed E-state index contributed by atoms with van der Waals surface area (Å²) >= 11 is 0. The second-order valence-electron chi connectivity index (χ2n) is 3.75. The van der Waals surface area contributed by atoms with Gasteiger partial charge >= 0.3 is 5.97 Å². The lowest BCUT2D eigenvalue weighted by molar-refractivity contribution is 0.0686. The van der Waals surface area contributed by atoms with E-state index in [1.807, 2.05) is 37.3 Å². The number of nitrogens with zero attached hydrogens (tertiary/aromatic N) is 2. The number of carboxylic acids is 1. The van der Waals surface area contributed by atoms with Gasteiger partial charge in [0.2, 0.25) is 11.1 Å². The Morgan fingerprint density at radius 3 is 2.56 bits per heavy atom. The van der Waals surface area contributed by atoms with Crippen LogP contribution in [0.4, 0.5) is 0 Å². The number of para-hydroxylation sites is 1. The van der Waals surface area contributed by atoms with Gasteiger partial charge in [0, 0.05) is 11.8 Å². The van der Waals surface area contributed by atoms with Gasteiger partial charge in [-0.15, -0.1) is 0 Å². The fourth-order valence-corrected chi connectivity index (χ4v) is 1.69. The van der Waals surface area contributed by atoms with E-state index in [-0.39, 0.29) is 0 Å². The van der Waals surface area contributed by atoms with E-state index in [1.165, 1.54) is 10.7 Å². The van der Waals surface area contributed by atoms with Gasteiger partial charge in [-0.1, -0.05) is 25.1 Å². The van der Waals surface area contributed by atoms with E-state index in [0.717, 1.165) is 5.69 Å². The van der Waals surface area contributed by atoms with E-state index in [9.17, 15) is 9.59 Å². The van der Waals surface area contributed by atoms with Crippen molar-refractivity contribution in [2.24, 2.45) is 0 Å². The average molecular weight is 244 g/mol. The zero-order chi connectivity index (χ0) is 13.1. The van der Waals surface area contributed by atoms with E-state index in [2.05, 4.69) is 5.10 Å². The topological polar surface area (TPSA) is 72.2 Å². The summed E-state index contributed by atoms with van der Waals surface area (Å²) < 4.78 is 1.49. The summed E-state index contributed by atoms with van der Waals surface area (Å²) in [5.41, 5.74) is 0.385. The summed E-state index contributed by atoms with van der Waals surface area (Å²) in [5, 5.41) is 12.8. The summed E-state index contributed by atoms with van der Waals surface area (Å²) in [6, 6.07) is 10.5. The predicted molar refractivity (Wildman–Crippen MR) is 66.2 cm³/mol. The molecular weight excluding hydrogens is 232 g/mol. The number of hydrogen-bond donors (Lipinski definition) is 1. The van der Waals surface area contributed by atoms with E-state index < -0.39 is 17.1 Å². The molecule has 0 radical (unpaired) electrons. The zero-order valence-electron chi connectivity index (χ0n) is 9.83. The third-order valence-corrected chi connectivity index (χ3v) is 2.57. The van der Waals surface area contributed by atoms with E-state index in [1.54, 1.807) is 0 Å². The standard InChI is InChI=1S/C13H12N2O3/c1-2-9-8-11(16)12(13(17)18)14-15(9)10-6-4-3-5-7-10/h3-8H,2H2,1H3,(H,17,18). The van der Waals surface area contributed by atoms with Crippen molar-refractivity contribution < 1.29 is 9.90 Å². The molecule has 18 heavy (non-hydrogen) atoms. The first kappa shape index (κ1) is 12.0. The molecule has 0 aliphatic rings. The SMILES string of the molecule is CCc1cc(=O)c(C(=O)O)nn1-c1ccccc1. The van der Waals surface area contributed by atoms with Crippen molar-refractivity contribution in [3.05, 3.63) is 58.0 Å². The third kappa shape index (κ3) is 2.15. The summed E-state index contributed by atoms with van der Waals surface area (Å²) in [6.07, 6.45) is 0.594. The quantitative estimate of drug-likeness (QED) is 0.887. The summed E-state index contributed by atoms with van der Waals surface area (Å²) in [4.78, 5) is 22.5. The first-order valence-electron chi connectivity index (χ1n) is 5.55. The minimum absolute atomic E-state index is 0.462. The number of aromatic carboxylic acids is 1. The minimum atomic E-state index is -1.31. The normalized spacial score (nSPS) is 10.3. The maximum absolute atomic E-state index is 11.6. The smallest absolute Gasteiger partial charge is 0.360 e. The Labute approximate surface area is 103 Å². The van der Waals surface area contributed by atoms with Crippen molar-refractivity contribution >= 4 is 5.97 Å². The fraction of sp³-hybridized carbons (Fsp3) is 0.154. The zero-order valence-corrected chi connectivity index (χ0v) is 9.83. The van der Waals surface area contributed by atoms with Gasteiger partial charge in [-0.25, -0.2) is 9.48 Å². The Hall–Kier alpha value is -2.43. The lowest BCUT2D eigenvalue weighted by Gasteiger charge is -2.11. The minimum Gasteiger partial charge on any atom is -0.476 e. The van der Waals surface area contributed by atoms with Gasteiger partial charge in [0.25, 0.3) is 0 Å². The number of benzene rings is 1. The van der Waals surface area contributed by atoms with Crippen LogP contribution in [0.3, 0.4) is 0 Å². The number of aromatic nitrogens is 2. The summed E-state index contributed by atoms with van der Waals surface area (Å²) in [5.74, 6) is -1.31. The molecule has 5 heteroatoms. The molecule has 0 saturated carbocycles. The molecule has 1 N–H and O–H groups in total. The molecule has 0 aliphatic carbocycles. The van der Waals surface area contributed by atoms with Crippen LogP contribution in [-0.2, 0) is 6.42 Å². The molecule has 0 unspecified atom stereocenters. The fourth-order valence-electron chi connectivity index (χ4n) is 1.69. The molecule has 0 amide bonds. The number of aryl methyl sites for hydroxylation is 1. The first-order valence-corrected chi connectivity index (χ1v) is 5.55. The van der Waals surface area contributed by atoms with E-state index in [0.29, 0.717) is 12.1 Å². The monoisotopic (exact) mass is 244 g/mol. The average Bonchev–Trinajstić information content (AvgIpc) is 2.39. The van der Waals surface area contributed by atoms with Gasteiger partial charge in [0.05, 0.1) is 5.69 Å². The first-order chi connectivity index (χ1) is 8.63. The van der Waals surface area contributed by atoms with Crippen LogP contribution in [0.5, 0.6) is 0 Å². The largest absolute Gasteiger partial charge is 0.476 e. The molecule has 2 aromatic rings. The molecule has 0 atom stereocenters. The highest BCUT2D eigenvalue weighted by molar-refractivity contribution is 5.84. The second-order valence-corrected chi connectivity index (χ2v) is 3.75. The molecule has 1 aromatic heterocycles. The molecular formula is C13H12N2O3. The molecule has 1 aromatic carbocycles. The van der Waals surface area contributed by atoms with Crippen LogP contribution in [-0.4, -0.2) is 20.9 Å². The van der Waals surface area contributed by atoms with Gasteiger partial charge < -0.3 is 5.11 Å². The lowest BCUT2D eigenvalue weighted by Crippen LogP contribution is -2.23. The predicted octanol–water partition coefficient (Wildman–Crippen LogP) is 1.49. The van der Waals surface area contributed by atoms with Crippen LogP contribution in [0.25, 0.3) is 5.69 Å². The van der Waals surface area contributed by atoms with Crippen molar-refractivity contribution in [1.82, 2.24) is 9.78 Å². The molecule has 0 spiro atoms. The highest BCUT2D eigenvalue weighted by Gasteiger charge is 2.14. The summed E-state index contributed by atoms with van der Waals surface area (Å²) in [6.45, 7) is 1.89. The van der Waals surface area contributed by atoms with Gasteiger partial charge in [-0.3, -0.25) is 4.79 Å². The van der Waals surface area contributed by atoms with Crippen molar-refractivity contribution in [2.75, 3.05) is 0 Å². The Morgan fingerprint density at radius 1 is 1.33 bits per heavy atom. The van der Waals surface area contributed by atoms with Crippen molar-refractivity contribution in [2.45, 2.75) is 13.3 Å². The molecule has 0 fully saturated rings. The van der Waals surface area contributed by atoms with Crippen LogP contribution in [0.15, 0.2) is 41.2 Å². The van der Waals surface area contributed by atoms with Crippen molar-refractivity contribution in [1.29, 1.82) is 0 Å². The molecule has 0 aliphatic heterocycles. The van der Waals surface area contributed by atoms with Crippen LogP contribution < -0.4 is 5.43 Å². The molecule has 1 heterocycles. The second kappa shape index (κ2) is 4.83. The third-order valence-electron chi connectivity index (χ3n) is 2.57. The van der Waals surface area contributed by atoms with E-state index >= 15 is 0 Å².